The standard InChI is InChI=1S/C16H26N6S/c1-12-6-5-9-22(11-12)14-10-13(21-7-3-4-8-21)18-15(19-14)20-16(23)17-2/h10,12H,3-9,11H2,1-2H3,(H2,17,18,19,20,23). The summed E-state index contributed by atoms with van der Waals surface area (Å²) < 4.78 is 0. The Morgan fingerprint density at radius 1 is 1.13 bits per heavy atom. The number of nitrogens with zero attached hydrogens (tertiary/aromatic N) is 4. The first kappa shape index (κ1) is 16.2. The zero-order valence-electron chi connectivity index (χ0n) is 14.0. The molecule has 1 aromatic rings. The number of thiocarbonyl (C=S) groups is 1. The van der Waals surface area contributed by atoms with Gasteiger partial charge in [0.15, 0.2) is 5.11 Å². The summed E-state index contributed by atoms with van der Waals surface area (Å²) in [5.74, 6) is 3.31. The molecule has 1 aromatic heterocycles. The zero-order chi connectivity index (χ0) is 16.2. The van der Waals surface area contributed by atoms with Gasteiger partial charge in [0.05, 0.1) is 0 Å². The summed E-state index contributed by atoms with van der Waals surface area (Å²) in [6, 6.07) is 2.14. The molecule has 0 saturated carbocycles. The maximum atomic E-state index is 5.20. The Hall–Kier alpha value is -1.63. The molecule has 0 spiro atoms. The van der Waals surface area contributed by atoms with E-state index in [1.54, 1.807) is 7.05 Å². The van der Waals surface area contributed by atoms with Crippen molar-refractivity contribution in [3.8, 4) is 0 Å². The maximum Gasteiger partial charge on any atom is 0.232 e. The minimum Gasteiger partial charge on any atom is -0.365 e. The van der Waals surface area contributed by atoms with Crippen LogP contribution in [0.3, 0.4) is 0 Å². The summed E-state index contributed by atoms with van der Waals surface area (Å²) in [7, 11) is 1.80. The van der Waals surface area contributed by atoms with E-state index < -0.39 is 0 Å². The van der Waals surface area contributed by atoms with Crippen LogP contribution in [0.15, 0.2) is 6.07 Å². The van der Waals surface area contributed by atoms with Gasteiger partial charge in [-0.2, -0.15) is 9.97 Å². The van der Waals surface area contributed by atoms with Gasteiger partial charge >= 0.3 is 0 Å². The van der Waals surface area contributed by atoms with Crippen LogP contribution in [0, 0.1) is 5.92 Å². The lowest BCUT2D eigenvalue weighted by Crippen LogP contribution is -2.35. The molecule has 2 saturated heterocycles. The Labute approximate surface area is 143 Å². The number of aromatic nitrogens is 2. The van der Waals surface area contributed by atoms with Crippen LogP contribution in [0.1, 0.15) is 32.6 Å². The molecular formula is C16H26N6S. The smallest absolute Gasteiger partial charge is 0.232 e. The van der Waals surface area contributed by atoms with Gasteiger partial charge in [0.1, 0.15) is 11.6 Å². The molecule has 7 heteroatoms. The van der Waals surface area contributed by atoms with Crippen LogP contribution >= 0.6 is 12.2 Å². The first-order valence-electron chi connectivity index (χ1n) is 8.53. The summed E-state index contributed by atoms with van der Waals surface area (Å²) in [4.78, 5) is 14.1. The molecule has 2 aliphatic heterocycles. The molecule has 3 heterocycles. The Kier molecular flexibility index (Phi) is 5.15. The lowest BCUT2D eigenvalue weighted by molar-refractivity contribution is 0.444. The average molecular weight is 334 g/mol. The minimum absolute atomic E-state index is 0.543. The number of anilines is 3. The van der Waals surface area contributed by atoms with Gasteiger partial charge in [0.25, 0.3) is 0 Å². The Bertz CT molecular complexity index is 558. The predicted molar refractivity (Wildman–Crippen MR) is 99.4 cm³/mol. The highest BCUT2D eigenvalue weighted by Crippen LogP contribution is 2.27. The highest BCUT2D eigenvalue weighted by Gasteiger charge is 2.21. The second-order valence-corrected chi connectivity index (χ2v) is 6.91. The van der Waals surface area contributed by atoms with Crippen LogP contribution in [-0.2, 0) is 0 Å². The third-order valence-corrected chi connectivity index (χ3v) is 4.87. The van der Waals surface area contributed by atoms with Gasteiger partial charge in [-0.1, -0.05) is 6.92 Å². The van der Waals surface area contributed by atoms with Crippen LogP contribution in [0.25, 0.3) is 0 Å². The van der Waals surface area contributed by atoms with Crippen LogP contribution in [0.2, 0.25) is 0 Å². The molecule has 0 amide bonds. The molecule has 6 nitrogen and oxygen atoms in total. The molecule has 2 fully saturated rings. The summed E-state index contributed by atoms with van der Waals surface area (Å²) >= 11 is 5.20. The van der Waals surface area contributed by atoms with Crippen molar-refractivity contribution in [1.29, 1.82) is 0 Å². The normalized spacial score (nSPS) is 21.4. The summed E-state index contributed by atoms with van der Waals surface area (Å²) in [5, 5.41) is 6.56. The number of nitrogens with one attached hydrogen (secondary N) is 2. The van der Waals surface area contributed by atoms with E-state index in [1.165, 1.54) is 25.7 Å². The van der Waals surface area contributed by atoms with Crippen LogP contribution in [0.5, 0.6) is 0 Å². The molecule has 3 rings (SSSR count). The topological polar surface area (TPSA) is 56.3 Å². The molecule has 0 radical (unpaired) electrons. The molecular weight excluding hydrogens is 308 g/mol. The SMILES string of the molecule is CNC(=S)Nc1nc(N2CCCC2)cc(N2CCCC(C)C2)n1. The lowest BCUT2D eigenvalue weighted by atomic mass is 10.0. The van der Waals surface area contributed by atoms with Crippen LogP contribution in [-0.4, -0.2) is 48.3 Å². The van der Waals surface area contributed by atoms with Gasteiger partial charge in [-0.25, -0.2) is 0 Å². The first-order valence-corrected chi connectivity index (χ1v) is 8.94. The molecule has 0 aromatic carbocycles. The van der Waals surface area contributed by atoms with E-state index in [0.717, 1.165) is 37.8 Å². The van der Waals surface area contributed by atoms with E-state index >= 15 is 0 Å². The highest BCUT2D eigenvalue weighted by atomic mass is 32.1. The minimum atomic E-state index is 0.543. The fraction of sp³-hybridized carbons (Fsp3) is 0.688. The van der Waals surface area contributed by atoms with Crippen molar-refractivity contribution in [3.05, 3.63) is 6.07 Å². The summed E-state index contributed by atoms with van der Waals surface area (Å²) in [6.45, 7) is 6.58. The Morgan fingerprint density at radius 3 is 2.43 bits per heavy atom. The Morgan fingerprint density at radius 2 is 1.78 bits per heavy atom. The van der Waals surface area contributed by atoms with Crippen LogP contribution in [0.4, 0.5) is 17.6 Å². The maximum absolute atomic E-state index is 5.20. The van der Waals surface area contributed by atoms with Gasteiger partial charge in [-0.05, 0) is 43.8 Å². The summed E-state index contributed by atoms with van der Waals surface area (Å²) in [5.41, 5.74) is 0. The lowest BCUT2D eigenvalue weighted by Gasteiger charge is -2.32. The second kappa shape index (κ2) is 7.29. The van der Waals surface area contributed by atoms with Crippen molar-refractivity contribution in [2.24, 2.45) is 5.92 Å². The quantitative estimate of drug-likeness (QED) is 0.822. The van der Waals surface area contributed by atoms with Crippen molar-refractivity contribution in [2.75, 3.05) is 48.3 Å². The Balaban J connectivity index is 1.88. The van der Waals surface area contributed by atoms with Crippen LogP contribution < -0.4 is 20.4 Å². The van der Waals surface area contributed by atoms with Crippen molar-refractivity contribution in [3.63, 3.8) is 0 Å². The highest BCUT2D eigenvalue weighted by molar-refractivity contribution is 7.80. The second-order valence-electron chi connectivity index (χ2n) is 6.50. The number of piperidine rings is 1. The molecule has 0 bridgehead atoms. The first-order chi connectivity index (χ1) is 11.2. The fourth-order valence-electron chi connectivity index (χ4n) is 3.31. The molecule has 1 unspecified atom stereocenters. The van der Waals surface area contributed by atoms with E-state index in [1.807, 2.05) is 0 Å². The number of hydrogen-bond acceptors (Lipinski definition) is 5. The number of hydrogen-bond donors (Lipinski definition) is 2. The van der Waals surface area contributed by atoms with Gasteiger partial charge in [0.2, 0.25) is 5.95 Å². The van der Waals surface area contributed by atoms with E-state index in [-0.39, 0.29) is 0 Å². The van der Waals surface area contributed by atoms with E-state index in [2.05, 4.69) is 38.4 Å². The molecule has 23 heavy (non-hydrogen) atoms. The third-order valence-electron chi connectivity index (χ3n) is 4.56. The van der Waals surface area contributed by atoms with Gasteiger partial charge in [-0.3, -0.25) is 0 Å². The average Bonchev–Trinajstić information content (AvgIpc) is 3.09. The summed E-state index contributed by atoms with van der Waals surface area (Å²) in [6.07, 6.45) is 4.99. The molecule has 2 N–H and O–H groups in total. The molecule has 2 aliphatic rings. The predicted octanol–water partition coefficient (Wildman–Crippen LogP) is 2.23. The third kappa shape index (κ3) is 4.02. The van der Waals surface area contributed by atoms with Crippen molar-refractivity contribution in [2.45, 2.75) is 32.6 Å². The monoisotopic (exact) mass is 334 g/mol. The van der Waals surface area contributed by atoms with Crippen molar-refractivity contribution < 1.29 is 0 Å². The number of rotatable bonds is 3. The molecule has 126 valence electrons. The zero-order valence-corrected chi connectivity index (χ0v) is 14.8. The van der Waals surface area contributed by atoms with E-state index in [4.69, 9.17) is 17.2 Å². The van der Waals surface area contributed by atoms with Gasteiger partial charge < -0.3 is 20.4 Å². The van der Waals surface area contributed by atoms with Crippen molar-refractivity contribution >= 4 is 34.9 Å². The van der Waals surface area contributed by atoms with Crippen molar-refractivity contribution in [1.82, 2.24) is 15.3 Å². The largest absolute Gasteiger partial charge is 0.365 e. The van der Waals surface area contributed by atoms with Gasteiger partial charge in [0, 0.05) is 39.3 Å². The van der Waals surface area contributed by atoms with E-state index in [0.29, 0.717) is 17.0 Å². The molecule has 1 atom stereocenters. The van der Waals surface area contributed by atoms with Gasteiger partial charge in [-0.15, -0.1) is 0 Å². The van der Waals surface area contributed by atoms with E-state index in [9.17, 15) is 0 Å². The molecule has 0 aliphatic carbocycles. The fourth-order valence-corrected chi connectivity index (χ4v) is 3.40.